The van der Waals surface area contributed by atoms with Crippen molar-refractivity contribution in [3.8, 4) is 11.8 Å². The van der Waals surface area contributed by atoms with Crippen LogP contribution in [0.25, 0.3) is 11.6 Å². The third kappa shape index (κ3) is 4.25. The maximum absolute atomic E-state index is 11.0. The fourth-order valence-electron chi connectivity index (χ4n) is 1.94. The van der Waals surface area contributed by atoms with E-state index in [0.717, 1.165) is 0 Å². The molecule has 0 heterocycles. The number of ether oxygens (including phenoxy) is 1. The lowest BCUT2D eigenvalue weighted by atomic mass is 10.0. The maximum Gasteiger partial charge on any atom is 0.308 e. The Hall–Kier alpha value is -3.46. The molecule has 0 fully saturated rings. The second kappa shape index (κ2) is 7.00. The number of esters is 1. The number of hydrogen-bond donors (Lipinski definition) is 0. The molecule has 2 aromatic carbocycles. The van der Waals surface area contributed by atoms with Gasteiger partial charge in [-0.2, -0.15) is 5.26 Å². The topological polar surface area (TPSA) is 93.2 Å². The van der Waals surface area contributed by atoms with E-state index < -0.39 is 10.9 Å². The highest BCUT2D eigenvalue weighted by Crippen LogP contribution is 2.22. The fraction of sp³-hybridized carbons (Fsp3) is 0.0588. The van der Waals surface area contributed by atoms with Crippen LogP contribution in [0, 0.1) is 21.4 Å². The number of benzene rings is 2. The second-order valence-electron chi connectivity index (χ2n) is 4.64. The third-order valence-corrected chi connectivity index (χ3v) is 2.94. The molecule has 0 unspecified atom stereocenters. The first-order valence-corrected chi connectivity index (χ1v) is 6.64. The van der Waals surface area contributed by atoms with Gasteiger partial charge in [0, 0.05) is 19.1 Å². The van der Waals surface area contributed by atoms with E-state index in [-0.39, 0.29) is 5.69 Å². The quantitative estimate of drug-likeness (QED) is 0.215. The van der Waals surface area contributed by atoms with Crippen LogP contribution in [0.15, 0.2) is 48.5 Å². The predicted octanol–water partition coefficient (Wildman–Crippen LogP) is 3.58. The summed E-state index contributed by atoms with van der Waals surface area (Å²) < 4.78 is 4.99. The molecule has 0 saturated heterocycles. The minimum atomic E-state index is -0.498. The van der Waals surface area contributed by atoms with Crippen molar-refractivity contribution in [3.63, 3.8) is 0 Å². The Balaban J connectivity index is 2.33. The van der Waals surface area contributed by atoms with E-state index in [1.807, 2.05) is 0 Å². The van der Waals surface area contributed by atoms with Gasteiger partial charge in [-0.3, -0.25) is 14.9 Å². The smallest absolute Gasteiger partial charge is 0.308 e. The molecule has 6 nitrogen and oxygen atoms in total. The lowest BCUT2D eigenvalue weighted by molar-refractivity contribution is -0.384. The summed E-state index contributed by atoms with van der Waals surface area (Å²) in [7, 11) is 0. The number of allylic oxidation sites excluding steroid dienone is 1. The molecule has 0 aromatic heterocycles. The molecule has 0 saturated carbocycles. The number of carbonyl (C=O) groups excluding carboxylic acids is 1. The van der Waals surface area contributed by atoms with Crippen molar-refractivity contribution in [1.82, 2.24) is 0 Å². The van der Waals surface area contributed by atoms with Crippen LogP contribution >= 0.6 is 0 Å². The predicted molar refractivity (Wildman–Crippen MR) is 84.3 cm³/mol. The van der Waals surface area contributed by atoms with Crippen molar-refractivity contribution in [2.75, 3.05) is 0 Å². The van der Waals surface area contributed by atoms with Gasteiger partial charge < -0.3 is 4.74 Å². The Kier molecular flexibility index (Phi) is 4.85. The number of nitro benzene ring substituents is 1. The van der Waals surface area contributed by atoms with Gasteiger partial charge >= 0.3 is 5.97 Å². The van der Waals surface area contributed by atoms with E-state index in [9.17, 15) is 20.2 Å². The van der Waals surface area contributed by atoms with Crippen molar-refractivity contribution in [1.29, 1.82) is 5.26 Å². The van der Waals surface area contributed by atoms with Crippen LogP contribution in [-0.2, 0) is 4.79 Å². The number of non-ortho nitro benzene ring substituents is 1. The van der Waals surface area contributed by atoms with E-state index >= 15 is 0 Å². The highest BCUT2D eigenvalue weighted by Gasteiger charge is 2.07. The van der Waals surface area contributed by atoms with Crippen molar-refractivity contribution >= 4 is 23.3 Å². The molecule has 0 atom stereocenters. The molecule has 0 aliphatic rings. The second-order valence-corrected chi connectivity index (χ2v) is 4.64. The van der Waals surface area contributed by atoms with Gasteiger partial charge in [0.25, 0.3) is 5.69 Å². The molecule has 0 bridgehead atoms. The fourth-order valence-corrected chi connectivity index (χ4v) is 1.94. The summed E-state index contributed by atoms with van der Waals surface area (Å²) in [4.78, 5) is 21.1. The van der Waals surface area contributed by atoms with E-state index in [2.05, 4.69) is 6.07 Å². The van der Waals surface area contributed by atoms with Gasteiger partial charge in [0.2, 0.25) is 0 Å². The van der Waals surface area contributed by atoms with Crippen LogP contribution in [0.5, 0.6) is 5.75 Å². The van der Waals surface area contributed by atoms with E-state index in [0.29, 0.717) is 22.4 Å². The Morgan fingerprint density at radius 2 is 1.96 bits per heavy atom. The normalized spacial score (nSPS) is 10.7. The largest absolute Gasteiger partial charge is 0.427 e. The SMILES string of the molecule is CC(=O)Oc1cccc(/C=C(\C#N)c2ccc([N+](=O)[O-])cc2)c1. The maximum atomic E-state index is 11.0. The first kappa shape index (κ1) is 15.9. The van der Waals surface area contributed by atoms with Crippen molar-refractivity contribution in [2.24, 2.45) is 0 Å². The van der Waals surface area contributed by atoms with Gasteiger partial charge in [0.1, 0.15) is 5.75 Å². The number of rotatable bonds is 4. The molecule has 0 aliphatic heterocycles. The standard InChI is InChI=1S/C17H12N2O4/c1-12(20)23-17-4-2-3-13(10-17)9-15(11-18)14-5-7-16(8-6-14)19(21)22/h2-10H,1H3/b15-9+. The van der Waals surface area contributed by atoms with Crippen molar-refractivity contribution in [3.05, 3.63) is 69.8 Å². The Bertz CT molecular complexity index is 817. The average Bonchev–Trinajstić information content (AvgIpc) is 2.52. The molecule has 23 heavy (non-hydrogen) atoms. The number of nitro groups is 1. The molecule has 0 spiro atoms. The summed E-state index contributed by atoms with van der Waals surface area (Å²) in [6.45, 7) is 1.31. The summed E-state index contributed by atoms with van der Waals surface area (Å²) in [5.74, 6) is -0.0470. The molecule has 0 radical (unpaired) electrons. The van der Waals surface area contributed by atoms with Crippen molar-refractivity contribution < 1.29 is 14.5 Å². The highest BCUT2D eigenvalue weighted by atomic mass is 16.6. The lowest BCUT2D eigenvalue weighted by Crippen LogP contribution is -2.01. The molecule has 0 N–H and O–H groups in total. The van der Waals surface area contributed by atoms with E-state index in [1.165, 1.54) is 31.2 Å². The van der Waals surface area contributed by atoms with Gasteiger partial charge in [-0.05, 0) is 41.5 Å². The summed E-state index contributed by atoms with van der Waals surface area (Å²) >= 11 is 0. The minimum absolute atomic E-state index is 0.0390. The number of nitrogens with zero attached hydrogens (tertiary/aromatic N) is 2. The average molecular weight is 308 g/mol. The van der Waals surface area contributed by atoms with Crippen LogP contribution in [0.2, 0.25) is 0 Å². The number of hydrogen-bond acceptors (Lipinski definition) is 5. The van der Waals surface area contributed by atoms with Crippen LogP contribution < -0.4 is 4.74 Å². The summed E-state index contributed by atoms with van der Waals surface area (Å²) in [6, 6.07) is 14.5. The Labute approximate surface area is 132 Å². The lowest BCUT2D eigenvalue weighted by Gasteiger charge is -2.03. The number of nitriles is 1. The van der Waals surface area contributed by atoms with Crippen molar-refractivity contribution in [2.45, 2.75) is 6.92 Å². The van der Waals surface area contributed by atoms with Crippen LogP contribution in [0.4, 0.5) is 5.69 Å². The zero-order valence-electron chi connectivity index (χ0n) is 12.2. The summed E-state index contributed by atoms with van der Waals surface area (Å²) in [5.41, 5.74) is 1.55. The molecule has 0 amide bonds. The molecular formula is C17H12N2O4. The number of carbonyl (C=O) groups is 1. The molecular weight excluding hydrogens is 296 g/mol. The molecule has 2 aromatic rings. The highest BCUT2D eigenvalue weighted by molar-refractivity contribution is 5.90. The Morgan fingerprint density at radius 3 is 2.52 bits per heavy atom. The van der Waals surface area contributed by atoms with Crippen LogP contribution in [0.1, 0.15) is 18.1 Å². The Morgan fingerprint density at radius 1 is 1.26 bits per heavy atom. The first-order valence-electron chi connectivity index (χ1n) is 6.64. The molecule has 0 aliphatic carbocycles. The molecule has 6 heteroatoms. The van der Waals surface area contributed by atoms with Gasteiger partial charge in [-0.25, -0.2) is 0 Å². The monoisotopic (exact) mass is 308 g/mol. The zero-order chi connectivity index (χ0) is 16.8. The van der Waals surface area contributed by atoms with Gasteiger partial charge in [-0.1, -0.05) is 12.1 Å². The summed E-state index contributed by atoms with van der Waals surface area (Å²) in [5, 5.41) is 19.9. The van der Waals surface area contributed by atoms with Crippen LogP contribution in [-0.4, -0.2) is 10.9 Å². The first-order chi connectivity index (χ1) is 11.0. The zero-order valence-corrected chi connectivity index (χ0v) is 12.2. The van der Waals surface area contributed by atoms with E-state index in [4.69, 9.17) is 4.74 Å². The molecule has 114 valence electrons. The van der Waals surface area contributed by atoms with Crippen LogP contribution in [0.3, 0.4) is 0 Å². The van der Waals surface area contributed by atoms with Gasteiger partial charge in [-0.15, -0.1) is 0 Å². The third-order valence-electron chi connectivity index (χ3n) is 2.94. The van der Waals surface area contributed by atoms with E-state index in [1.54, 1.807) is 30.3 Å². The summed E-state index contributed by atoms with van der Waals surface area (Å²) in [6.07, 6.45) is 1.62. The molecule has 2 rings (SSSR count). The minimum Gasteiger partial charge on any atom is -0.427 e. The van der Waals surface area contributed by atoms with Gasteiger partial charge in [0.15, 0.2) is 0 Å². The van der Waals surface area contributed by atoms with Gasteiger partial charge in [0.05, 0.1) is 16.6 Å².